The van der Waals surface area contributed by atoms with Crippen LogP contribution in [0, 0.1) is 39.4 Å². The largest absolute Gasteiger partial charge is 0.508 e. The second kappa shape index (κ2) is 18.3. The zero-order chi connectivity index (χ0) is 44.4. The molecule has 5 N–H and O–H groups in total. The maximum Gasteiger partial charge on any atom is 0.334 e. The van der Waals surface area contributed by atoms with Gasteiger partial charge in [0.25, 0.3) is 0 Å². The van der Waals surface area contributed by atoms with Gasteiger partial charge in [-0.15, -0.1) is 0 Å². The van der Waals surface area contributed by atoms with E-state index in [9.17, 15) is 39.9 Å². The summed E-state index contributed by atoms with van der Waals surface area (Å²) in [7, 11) is 0. The van der Waals surface area contributed by atoms with Crippen molar-refractivity contribution < 1.29 is 44.7 Å². The highest BCUT2D eigenvalue weighted by atomic mass is 16.6. The van der Waals surface area contributed by atoms with Gasteiger partial charge in [-0.25, -0.2) is 4.79 Å². The van der Waals surface area contributed by atoms with E-state index in [0.717, 1.165) is 68.2 Å². The third-order valence-corrected chi connectivity index (χ3v) is 15.9. The first-order valence-electron chi connectivity index (χ1n) is 22.2. The van der Waals surface area contributed by atoms with Crippen molar-refractivity contribution in [3.05, 3.63) is 82.0 Å². The molecule has 4 aliphatic rings. The number of fused-ring (bicyclic) bond motifs is 5. The second-order valence-corrected chi connectivity index (χ2v) is 20.2. The summed E-state index contributed by atoms with van der Waals surface area (Å²) >= 11 is 0. The average molecular weight is 829 g/mol. The molecule has 2 fully saturated rings. The minimum atomic E-state index is -1.75. The van der Waals surface area contributed by atoms with Crippen LogP contribution in [0.2, 0.25) is 0 Å². The fraction of sp³-hybridized carbons (Fsp3) is 0.627. The SMILES string of the molecule is CC(=CCCC(C)=CCCC(=CC(=O)c1cc(O)ccc1O)C(=O)O[C@@H](CC[C@@H](C)[C@H]1CC[C@@]2(C)C3=CC[C@H]4C(C)(C)C(=O)CC[C@]4(C)C3=CC[C@]12C)[C@@](C)(O)CO)CO. The third kappa shape index (κ3) is 9.19. The molecule has 0 saturated heterocycles. The summed E-state index contributed by atoms with van der Waals surface area (Å²) in [5.41, 5.74) is 2.57. The Morgan fingerprint density at radius 1 is 0.950 bits per heavy atom. The lowest BCUT2D eigenvalue weighted by Gasteiger charge is -2.59. The predicted molar refractivity (Wildman–Crippen MR) is 235 cm³/mol. The Bertz CT molecular complexity index is 1960. The molecule has 0 bridgehead atoms. The predicted octanol–water partition coefficient (Wildman–Crippen LogP) is 9.82. The molecule has 0 aliphatic heterocycles. The van der Waals surface area contributed by atoms with E-state index >= 15 is 0 Å². The van der Waals surface area contributed by atoms with E-state index < -0.39 is 30.1 Å². The minimum Gasteiger partial charge on any atom is -0.508 e. The van der Waals surface area contributed by atoms with Gasteiger partial charge in [0.2, 0.25) is 0 Å². The number of aliphatic hydroxyl groups excluding tert-OH is 2. The van der Waals surface area contributed by atoms with Crippen molar-refractivity contribution in [1.29, 1.82) is 0 Å². The van der Waals surface area contributed by atoms with E-state index in [1.807, 2.05) is 26.0 Å². The Morgan fingerprint density at radius 2 is 1.63 bits per heavy atom. The minimum absolute atomic E-state index is 0.00527. The van der Waals surface area contributed by atoms with Crippen LogP contribution in [0.5, 0.6) is 11.5 Å². The lowest BCUT2D eigenvalue weighted by atomic mass is 9.44. The molecule has 0 spiro atoms. The number of carbonyl (C=O) groups is 3. The van der Waals surface area contributed by atoms with Crippen LogP contribution in [0.3, 0.4) is 0 Å². The Balaban J connectivity index is 1.34. The van der Waals surface area contributed by atoms with Crippen molar-refractivity contribution in [1.82, 2.24) is 0 Å². The number of hydrogen-bond donors (Lipinski definition) is 5. The molecule has 8 atom stereocenters. The first-order chi connectivity index (χ1) is 28.0. The molecular formula is C51H72O9. The van der Waals surface area contributed by atoms with Crippen molar-refractivity contribution in [2.45, 2.75) is 151 Å². The van der Waals surface area contributed by atoms with Crippen LogP contribution in [-0.2, 0) is 14.3 Å². The van der Waals surface area contributed by atoms with E-state index in [4.69, 9.17) is 4.74 Å². The van der Waals surface area contributed by atoms with Crippen LogP contribution in [0.15, 0.2) is 76.4 Å². The molecule has 0 aromatic heterocycles. The molecule has 4 aliphatic carbocycles. The maximum absolute atomic E-state index is 14.1. The maximum atomic E-state index is 14.1. The number of hydrogen-bond acceptors (Lipinski definition) is 9. The third-order valence-electron chi connectivity index (χ3n) is 15.9. The van der Waals surface area contributed by atoms with E-state index in [2.05, 4.69) is 53.7 Å². The fourth-order valence-corrected chi connectivity index (χ4v) is 11.6. The summed E-state index contributed by atoms with van der Waals surface area (Å²) in [6.45, 7) is 18.5. The number of phenolic OH excluding ortho intramolecular Hbond substituents is 2. The van der Waals surface area contributed by atoms with Crippen LogP contribution in [0.1, 0.15) is 150 Å². The smallest absolute Gasteiger partial charge is 0.334 e. The average Bonchev–Trinajstić information content (AvgIpc) is 3.48. The van der Waals surface area contributed by atoms with E-state index in [-0.39, 0.29) is 69.2 Å². The number of Topliss-reactive ketones (excluding diaryl/α,β-unsaturated/α-hetero) is 1. The van der Waals surface area contributed by atoms with Crippen molar-refractivity contribution in [3.63, 3.8) is 0 Å². The van der Waals surface area contributed by atoms with Crippen LogP contribution in [0.4, 0.5) is 0 Å². The van der Waals surface area contributed by atoms with Gasteiger partial charge in [-0.3, -0.25) is 9.59 Å². The van der Waals surface area contributed by atoms with Crippen LogP contribution in [0.25, 0.3) is 0 Å². The van der Waals surface area contributed by atoms with Crippen LogP contribution < -0.4 is 0 Å². The quantitative estimate of drug-likeness (QED) is 0.0339. The Hall–Kier alpha value is -3.79. The first kappa shape index (κ1) is 47.3. The van der Waals surface area contributed by atoms with Gasteiger partial charge >= 0.3 is 5.97 Å². The normalized spacial score (nSPS) is 29.9. The number of aromatic hydroxyl groups is 2. The number of ketones is 2. The molecule has 0 unspecified atom stereocenters. The number of rotatable bonds is 17. The van der Waals surface area contributed by atoms with Gasteiger partial charge in [-0.1, -0.05) is 77.0 Å². The Morgan fingerprint density at radius 3 is 2.32 bits per heavy atom. The zero-order valence-electron chi connectivity index (χ0n) is 37.7. The zero-order valence-corrected chi connectivity index (χ0v) is 37.7. The van der Waals surface area contributed by atoms with Gasteiger partial charge in [0.1, 0.15) is 29.0 Å². The highest BCUT2D eigenvalue weighted by molar-refractivity contribution is 6.10. The number of phenols is 2. The summed E-state index contributed by atoms with van der Waals surface area (Å²) in [6, 6.07) is 3.61. The van der Waals surface area contributed by atoms with Gasteiger partial charge < -0.3 is 30.3 Å². The van der Waals surface area contributed by atoms with Crippen molar-refractivity contribution >= 4 is 17.5 Å². The molecule has 60 heavy (non-hydrogen) atoms. The molecule has 0 amide bonds. The summed E-state index contributed by atoms with van der Waals surface area (Å²) in [6.07, 6.45) is 17.4. The van der Waals surface area contributed by atoms with E-state index in [1.165, 1.54) is 30.2 Å². The van der Waals surface area contributed by atoms with Gasteiger partial charge in [0.15, 0.2) is 5.78 Å². The Labute approximate surface area is 358 Å². The Kier molecular flexibility index (Phi) is 14.4. The van der Waals surface area contributed by atoms with Crippen molar-refractivity contribution in [2.75, 3.05) is 13.2 Å². The number of aliphatic hydroxyl groups is 3. The number of esters is 1. The highest BCUT2D eigenvalue weighted by Gasteiger charge is 2.63. The monoisotopic (exact) mass is 829 g/mol. The van der Waals surface area contributed by atoms with Crippen molar-refractivity contribution in [2.24, 2.45) is 39.4 Å². The van der Waals surface area contributed by atoms with E-state index in [0.29, 0.717) is 37.4 Å². The number of benzene rings is 1. The molecule has 1 aromatic rings. The standard InChI is InChI=1S/C51H72O9/c1-32(12-10-14-33(2)30-52)13-11-15-35(28-42(56)37-29-36(54)17-19-41(37)55)46(58)60-45(51(9,59)31-53)21-16-34(3)38-22-26-50(8)40-18-20-43-47(4,5)44(57)24-25-48(43,6)39(40)23-27-49(38,50)7/h13-14,17-19,23,28-29,34,38,43,45,52-55,59H,10-12,15-16,20-22,24-27,30-31H2,1-9H3/t34-,38-,43+,45+,48-,49-,50+,51+/m1/s1. The molecule has 2 saturated carbocycles. The summed E-state index contributed by atoms with van der Waals surface area (Å²) in [4.78, 5) is 40.6. The van der Waals surface area contributed by atoms with Crippen LogP contribution >= 0.6 is 0 Å². The summed E-state index contributed by atoms with van der Waals surface area (Å²) in [5.74, 6) is -0.810. The number of allylic oxidation sites excluding steroid dienone is 8. The molecule has 5 rings (SSSR count). The molecule has 0 heterocycles. The van der Waals surface area contributed by atoms with E-state index in [1.54, 1.807) is 0 Å². The molecule has 9 heteroatoms. The number of carbonyl (C=O) groups excluding carboxylic acids is 3. The molecule has 0 radical (unpaired) electrons. The first-order valence-corrected chi connectivity index (χ1v) is 22.2. The second-order valence-electron chi connectivity index (χ2n) is 20.2. The molecule has 9 nitrogen and oxygen atoms in total. The molecular weight excluding hydrogens is 757 g/mol. The molecule has 1 aromatic carbocycles. The number of ether oxygens (including phenoxy) is 1. The van der Waals surface area contributed by atoms with Gasteiger partial charge in [0, 0.05) is 17.4 Å². The lowest BCUT2D eigenvalue weighted by molar-refractivity contribution is -0.165. The van der Waals surface area contributed by atoms with Crippen LogP contribution in [-0.4, -0.2) is 68.0 Å². The van der Waals surface area contributed by atoms with Gasteiger partial charge in [0.05, 0.1) is 18.8 Å². The molecule has 330 valence electrons. The van der Waals surface area contributed by atoms with Crippen molar-refractivity contribution in [3.8, 4) is 11.5 Å². The topological polar surface area (TPSA) is 162 Å². The lowest BCUT2D eigenvalue weighted by Crippen LogP contribution is -2.53. The van der Waals surface area contributed by atoms with Gasteiger partial charge in [-0.05, 0) is 161 Å². The van der Waals surface area contributed by atoms with Gasteiger partial charge in [-0.2, -0.15) is 0 Å². The summed E-state index contributed by atoms with van der Waals surface area (Å²) < 4.78 is 6.07. The fourth-order valence-electron chi connectivity index (χ4n) is 11.6. The highest BCUT2D eigenvalue weighted by Crippen LogP contribution is 2.71. The summed E-state index contributed by atoms with van der Waals surface area (Å²) in [5, 5.41) is 51.5.